The Hall–Kier alpha value is -2.97. The first-order valence-corrected chi connectivity index (χ1v) is 7.38. The third-order valence-electron chi connectivity index (χ3n) is 3.43. The van der Waals surface area contributed by atoms with Crippen molar-refractivity contribution in [2.24, 2.45) is 0 Å². The molecule has 3 aromatic rings. The van der Waals surface area contributed by atoms with Crippen molar-refractivity contribution in [1.29, 1.82) is 0 Å². The van der Waals surface area contributed by atoms with E-state index in [0.717, 1.165) is 11.8 Å². The van der Waals surface area contributed by atoms with Crippen LogP contribution in [0.15, 0.2) is 30.6 Å². The van der Waals surface area contributed by atoms with Gasteiger partial charge in [0.25, 0.3) is 5.91 Å². The average molecular weight is 349 g/mol. The summed E-state index contributed by atoms with van der Waals surface area (Å²) in [6, 6.07) is 4.14. The Morgan fingerprint density at radius 3 is 2.60 bits per heavy atom. The molecule has 0 spiro atoms. The lowest BCUT2D eigenvalue weighted by atomic mass is 10.2. The van der Waals surface area contributed by atoms with Gasteiger partial charge in [-0.2, -0.15) is 13.2 Å². The second-order valence-corrected chi connectivity index (χ2v) is 5.56. The lowest BCUT2D eigenvalue weighted by Gasteiger charge is -2.10. The van der Waals surface area contributed by atoms with Crippen molar-refractivity contribution < 1.29 is 18.0 Å². The molecule has 0 bridgehead atoms. The molecule has 0 aliphatic rings. The van der Waals surface area contributed by atoms with E-state index in [1.807, 2.05) is 6.92 Å². The number of nitrogens with zero attached hydrogens (tertiary/aromatic N) is 4. The van der Waals surface area contributed by atoms with E-state index >= 15 is 0 Å². The van der Waals surface area contributed by atoms with E-state index in [9.17, 15) is 18.0 Å². The minimum absolute atomic E-state index is 0.0970. The summed E-state index contributed by atoms with van der Waals surface area (Å²) >= 11 is 0. The summed E-state index contributed by atoms with van der Waals surface area (Å²) in [5.41, 5.74) is 1.02. The highest BCUT2D eigenvalue weighted by atomic mass is 19.4. The summed E-state index contributed by atoms with van der Waals surface area (Å²) in [6.45, 7) is 3.07. The van der Waals surface area contributed by atoms with E-state index in [1.54, 1.807) is 28.9 Å². The van der Waals surface area contributed by atoms with Crippen LogP contribution in [0.1, 0.15) is 33.3 Å². The van der Waals surface area contributed by atoms with Crippen molar-refractivity contribution in [3.05, 3.63) is 59.1 Å². The summed E-state index contributed by atoms with van der Waals surface area (Å²) in [4.78, 5) is 23.8. The molecule has 1 amide bonds. The summed E-state index contributed by atoms with van der Waals surface area (Å²) in [5.74, 6) is -0.535. The summed E-state index contributed by atoms with van der Waals surface area (Å²) in [7, 11) is 0. The molecule has 130 valence electrons. The predicted octanol–water partition coefficient (Wildman–Crippen LogP) is 2.69. The Balaban J connectivity index is 1.76. The third-order valence-corrected chi connectivity index (χ3v) is 3.43. The zero-order valence-electron chi connectivity index (χ0n) is 13.4. The van der Waals surface area contributed by atoms with Crippen LogP contribution in [0.25, 0.3) is 5.65 Å². The standard InChI is InChI=1S/C16H14F3N5O/c1-9-5-12(16(17,18)19)23-13(21-9)6-20-15(25)11-3-4-14-22-10(2)7-24(14)8-11/h3-5,7-8H,6H2,1-2H3,(H,20,25). The largest absolute Gasteiger partial charge is 0.433 e. The molecule has 0 atom stereocenters. The maximum Gasteiger partial charge on any atom is 0.433 e. The van der Waals surface area contributed by atoms with Gasteiger partial charge in [0.15, 0.2) is 0 Å². The predicted molar refractivity (Wildman–Crippen MR) is 82.9 cm³/mol. The highest BCUT2D eigenvalue weighted by Gasteiger charge is 2.33. The Morgan fingerprint density at radius 1 is 1.12 bits per heavy atom. The van der Waals surface area contributed by atoms with Gasteiger partial charge in [0, 0.05) is 18.1 Å². The number of amides is 1. The number of carbonyl (C=O) groups excluding carboxylic acids is 1. The zero-order valence-corrected chi connectivity index (χ0v) is 13.4. The first kappa shape index (κ1) is 16.9. The van der Waals surface area contributed by atoms with Gasteiger partial charge in [0.1, 0.15) is 17.2 Å². The molecule has 3 rings (SSSR count). The molecule has 0 radical (unpaired) electrons. The molecule has 0 saturated carbocycles. The summed E-state index contributed by atoms with van der Waals surface area (Å²) < 4.78 is 40.0. The van der Waals surface area contributed by atoms with E-state index in [4.69, 9.17) is 0 Å². The molecule has 6 nitrogen and oxygen atoms in total. The number of nitrogens with one attached hydrogen (secondary N) is 1. The third kappa shape index (κ3) is 3.76. The summed E-state index contributed by atoms with van der Waals surface area (Å²) in [6.07, 6.45) is -1.19. The van der Waals surface area contributed by atoms with Gasteiger partial charge in [0.05, 0.1) is 17.8 Å². The fourth-order valence-electron chi connectivity index (χ4n) is 2.37. The van der Waals surface area contributed by atoms with Crippen LogP contribution in [-0.4, -0.2) is 25.3 Å². The van der Waals surface area contributed by atoms with Crippen LogP contribution < -0.4 is 5.32 Å². The number of aromatic nitrogens is 4. The average Bonchev–Trinajstić information content (AvgIpc) is 2.90. The van der Waals surface area contributed by atoms with E-state index < -0.39 is 17.8 Å². The quantitative estimate of drug-likeness (QED) is 0.789. The number of fused-ring (bicyclic) bond motifs is 1. The monoisotopic (exact) mass is 349 g/mol. The molecule has 0 aromatic carbocycles. The first-order valence-electron chi connectivity index (χ1n) is 7.38. The molecular formula is C16H14F3N5O. The van der Waals surface area contributed by atoms with Gasteiger partial charge >= 0.3 is 6.18 Å². The molecule has 3 heterocycles. The van der Waals surface area contributed by atoms with Crippen molar-refractivity contribution in [1.82, 2.24) is 24.7 Å². The van der Waals surface area contributed by atoms with Gasteiger partial charge in [-0.15, -0.1) is 0 Å². The molecule has 0 unspecified atom stereocenters. The maximum atomic E-state index is 12.8. The molecule has 3 aromatic heterocycles. The molecule has 0 fully saturated rings. The van der Waals surface area contributed by atoms with Crippen molar-refractivity contribution in [3.8, 4) is 0 Å². The Labute approximate surface area is 140 Å². The number of halogens is 3. The van der Waals surface area contributed by atoms with Crippen LogP contribution in [0, 0.1) is 13.8 Å². The molecular weight excluding hydrogens is 335 g/mol. The Morgan fingerprint density at radius 2 is 1.88 bits per heavy atom. The van der Waals surface area contributed by atoms with Crippen LogP contribution in [0.3, 0.4) is 0 Å². The van der Waals surface area contributed by atoms with Crippen LogP contribution in [0.5, 0.6) is 0 Å². The minimum atomic E-state index is -4.56. The number of imidazole rings is 1. The Bertz CT molecular complexity index is 949. The number of hydrogen-bond donors (Lipinski definition) is 1. The van der Waals surface area contributed by atoms with Crippen LogP contribution >= 0.6 is 0 Å². The fourth-order valence-corrected chi connectivity index (χ4v) is 2.37. The molecule has 0 aliphatic heterocycles. The minimum Gasteiger partial charge on any atom is -0.345 e. The van der Waals surface area contributed by atoms with Crippen molar-refractivity contribution in [2.75, 3.05) is 0 Å². The van der Waals surface area contributed by atoms with Gasteiger partial charge in [-0.25, -0.2) is 15.0 Å². The number of carbonyl (C=O) groups is 1. The lowest BCUT2D eigenvalue weighted by molar-refractivity contribution is -0.141. The van der Waals surface area contributed by atoms with Gasteiger partial charge in [-0.3, -0.25) is 4.79 Å². The van der Waals surface area contributed by atoms with E-state index in [1.165, 1.54) is 6.92 Å². The van der Waals surface area contributed by atoms with Crippen molar-refractivity contribution in [2.45, 2.75) is 26.6 Å². The molecule has 0 saturated heterocycles. The number of alkyl halides is 3. The second kappa shape index (κ2) is 6.15. The van der Waals surface area contributed by atoms with Crippen LogP contribution in [0.4, 0.5) is 13.2 Å². The number of hydrogen-bond acceptors (Lipinski definition) is 4. The highest BCUT2D eigenvalue weighted by molar-refractivity contribution is 5.94. The van der Waals surface area contributed by atoms with Crippen molar-refractivity contribution >= 4 is 11.6 Å². The van der Waals surface area contributed by atoms with E-state index in [2.05, 4.69) is 20.3 Å². The maximum absolute atomic E-state index is 12.8. The zero-order chi connectivity index (χ0) is 18.2. The van der Waals surface area contributed by atoms with Crippen LogP contribution in [-0.2, 0) is 12.7 Å². The summed E-state index contributed by atoms with van der Waals surface area (Å²) in [5, 5.41) is 2.53. The lowest BCUT2D eigenvalue weighted by Crippen LogP contribution is -2.25. The molecule has 9 heteroatoms. The molecule has 1 N–H and O–H groups in total. The first-order chi connectivity index (χ1) is 11.7. The van der Waals surface area contributed by atoms with Crippen LogP contribution in [0.2, 0.25) is 0 Å². The normalized spacial score (nSPS) is 11.7. The number of pyridine rings is 1. The smallest absolute Gasteiger partial charge is 0.345 e. The topological polar surface area (TPSA) is 72.2 Å². The number of aryl methyl sites for hydroxylation is 2. The van der Waals surface area contributed by atoms with Crippen molar-refractivity contribution in [3.63, 3.8) is 0 Å². The van der Waals surface area contributed by atoms with Gasteiger partial charge < -0.3 is 9.72 Å². The number of rotatable bonds is 3. The van der Waals surface area contributed by atoms with E-state index in [-0.39, 0.29) is 18.1 Å². The van der Waals surface area contributed by atoms with Gasteiger partial charge in [-0.05, 0) is 32.0 Å². The van der Waals surface area contributed by atoms with Gasteiger partial charge in [0.2, 0.25) is 0 Å². The molecule has 25 heavy (non-hydrogen) atoms. The molecule has 0 aliphatic carbocycles. The van der Waals surface area contributed by atoms with E-state index in [0.29, 0.717) is 11.2 Å². The Kier molecular flexibility index (Phi) is 4.15. The second-order valence-electron chi connectivity index (χ2n) is 5.56. The fraction of sp³-hybridized carbons (Fsp3) is 0.250. The van der Waals surface area contributed by atoms with Gasteiger partial charge in [-0.1, -0.05) is 0 Å². The SMILES string of the molecule is Cc1cc(C(F)(F)F)nc(CNC(=O)c2ccc3nc(C)cn3c2)n1. The highest BCUT2D eigenvalue weighted by Crippen LogP contribution is 2.27.